The van der Waals surface area contributed by atoms with Crippen molar-refractivity contribution in [1.29, 1.82) is 0 Å². The van der Waals surface area contributed by atoms with Gasteiger partial charge in [-0.1, -0.05) is 0 Å². The smallest absolute Gasteiger partial charge is 0.356 e. The van der Waals surface area contributed by atoms with Gasteiger partial charge in [0.1, 0.15) is 11.6 Å². The van der Waals surface area contributed by atoms with Crippen LogP contribution < -0.4 is 0 Å². The lowest BCUT2D eigenvalue weighted by Crippen LogP contribution is -2.46. The molecule has 2 N–H and O–H groups in total. The van der Waals surface area contributed by atoms with Gasteiger partial charge < -0.3 is 10.1 Å². The second-order valence-corrected chi connectivity index (χ2v) is 9.59. The first-order valence-electron chi connectivity index (χ1n) is 10.5. The number of hydrogen-bond donors (Lipinski definition) is 2. The molecule has 148 valence electrons. The Labute approximate surface area is 164 Å². The van der Waals surface area contributed by atoms with E-state index < -0.39 is 5.97 Å². The van der Waals surface area contributed by atoms with Gasteiger partial charge >= 0.3 is 5.97 Å². The van der Waals surface area contributed by atoms with Crippen molar-refractivity contribution in [2.24, 2.45) is 23.2 Å². The van der Waals surface area contributed by atoms with Gasteiger partial charge in [-0.25, -0.2) is 14.2 Å². The van der Waals surface area contributed by atoms with Crippen LogP contribution in [0.4, 0.5) is 4.39 Å². The number of carboxylic acid groups (broad SMARTS) is 1. The molecule has 0 aliphatic heterocycles. The van der Waals surface area contributed by atoms with E-state index in [0.717, 1.165) is 41.7 Å². The summed E-state index contributed by atoms with van der Waals surface area (Å²) in [7, 11) is 0. The number of aromatic nitrogens is 2. The molecule has 4 fully saturated rings. The number of benzene rings is 1. The van der Waals surface area contributed by atoms with Crippen molar-refractivity contribution in [3.63, 3.8) is 0 Å². The number of aromatic amines is 1. The van der Waals surface area contributed by atoms with Gasteiger partial charge in [0, 0.05) is 11.3 Å². The lowest BCUT2D eigenvalue weighted by molar-refractivity contribution is -0.0571. The minimum Gasteiger partial charge on any atom is -0.476 e. The molecule has 0 amide bonds. The quantitative estimate of drug-likeness (QED) is 0.730. The summed E-state index contributed by atoms with van der Waals surface area (Å²) in [5, 5.41) is 9.66. The third kappa shape index (κ3) is 3.05. The number of rotatable bonds is 5. The zero-order valence-corrected chi connectivity index (χ0v) is 16.3. The third-order valence-electron chi connectivity index (χ3n) is 7.50. The van der Waals surface area contributed by atoms with Crippen molar-refractivity contribution in [2.75, 3.05) is 0 Å². The normalized spacial score (nSPS) is 30.7. The van der Waals surface area contributed by atoms with Crippen molar-refractivity contribution >= 4 is 5.97 Å². The first kappa shape index (κ1) is 17.9. The Morgan fingerprint density at radius 3 is 2.43 bits per heavy atom. The second kappa shape index (κ2) is 6.43. The van der Waals surface area contributed by atoms with Gasteiger partial charge in [0.05, 0.1) is 0 Å². The molecule has 6 rings (SSSR count). The number of aryl methyl sites for hydroxylation is 2. The van der Waals surface area contributed by atoms with Crippen LogP contribution in [-0.2, 0) is 6.42 Å². The van der Waals surface area contributed by atoms with Crippen LogP contribution in [0.25, 0.3) is 11.4 Å². The molecule has 5 heteroatoms. The molecule has 2 aromatic rings. The average molecular weight is 382 g/mol. The van der Waals surface area contributed by atoms with E-state index in [1.54, 1.807) is 6.07 Å². The van der Waals surface area contributed by atoms with Gasteiger partial charge in [0.25, 0.3) is 0 Å². The number of aromatic carboxylic acids is 1. The number of halogens is 1. The highest BCUT2D eigenvalue weighted by atomic mass is 19.1. The van der Waals surface area contributed by atoms with E-state index in [9.17, 15) is 14.3 Å². The van der Waals surface area contributed by atoms with E-state index in [4.69, 9.17) is 0 Å². The minimum atomic E-state index is -0.997. The number of H-pyrrole nitrogens is 1. The minimum absolute atomic E-state index is 0.114. The fourth-order valence-corrected chi connectivity index (χ4v) is 6.77. The Kier molecular flexibility index (Phi) is 4.11. The molecule has 4 aliphatic carbocycles. The maximum absolute atomic E-state index is 13.4. The largest absolute Gasteiger partial charge is 0.476 e. The molecule has 1 aromatic heterocycles. The molecule has 0 unspecified atom stereocenters. The zero-order valence-electron chi connectivity index (χ0n) is 16.3. The second-order valence-electron chi connectivity index (χ2n) is 9.59. The maximum Gasteiger partial charge on any atom is 0.356 e. The molecular weight excluding hydrogens is 355 g/mol. The number of carbonyl (C=O) groups is 1. The number of imidazole rings is 1. The van der Waals surface area contributed by atoms with Gasteiger partial charge in [0.15, 0.2) is 5.69 Å². The Morgan fingerprint density at radius 2 is 1.86 bits per heavy atom. The SMILES string of the molecule is Cc1cc(F)ccc1-c1nc(C(=O)O)c(CCC23CC4CC(CC(C4)C2)C3)[nH]1. The summed E-state index contributed by atoms with van der Waals surface area (Å²) in [4.78, 5) is 19.4. The molecule has 4 aliphatic rings. The first-order chi connectivity index (χ1) is 13.4. The van der Waals surface area contributed by atoms with Crippen LogP contribution in [0.5, 0.6) is 0 Å². The summed E-state index contributed by atoms with van der Waals surface area (Å²) in [5.74, 6) is 1.91. The van der Waals surface area contributed by atoms with Crippen LogP contribution in [0.2, 0.25) is 0 Å². The molecule has 28 heavy (non-hydrogen) atoms. The van der Waals surface area contributed by atoms with Gasteiger partial charge in [-0.15, -0.1) is 0 Å². The highest BCUT2D eigenvalue weighted by Gasteiger charge is 2.50. The standard InChI is InChI=1S/C23H27FN2O2/c1-13-6-17(24)2-3-18(13)21-25-19(20(26-21)22(27)28)4-5-23-10-14-7-15(11-23)9-16(8-14)12-23/h2-3,6,14-16H,4-5,7-12H2,1H3,(H,25,26)(H,27,28). The summed E-state index contributed by atoms with van der Waals surface area (Å²) in [6.45, 7) is 1.82. The van der Waals surface area contributed by atoms with Crippen molar-refractivity contribution in [1.82, 2.24) is 9.97 Å². The lowest BCUT2D eigenvalue weighted by Gasteiger charge is -2.57. The zero-order chi connectivity index (χ0) is 19.5. The van der Waals surface area contributed by atoms with Crippen LogP contribution in [0, 0.1) is 35.9 Å². The van der Waals surface area contributed by atoms with E-state index in [2.05, 4.69) is 9.97 Å². The van der Waals surface area contributed by atoms with Crippen molar-refractivity contribution in [3.05, 3.63) is 41.0 Å². The van der Waals surface area contributed by atoms with E-state index in [1.165, 1.54) is 50.7 Å². The van der Waals surface area contributed by atoms with E-state index in [-0.39, 0.29) is 11.5 Å². The van der Waals surface area contributed by atoms with Crippen LogP contribution >= 0.6 is 0 Å². The summed E-state index contributed by atoms with van der Waals surface area (Å²) in [6, 6.07) is 4.51. The number of carboxylic acids is 1. The van der Waals surface area contributed by atoms with E-state index in [0.29, 0.717) is 16.9 Å². The van der Waals surface area contributed by atoms with Crippen molar-refractivity contribution in [3.8, 4) is 11.4 Å². The summed E-state index contributed by atoms with van der Waals surface area (Å²) in [6.07, 6.45) is 9.97. The van der Waals surface area contributed by atoms with Crippen molar-refractivity contribution in [2.45, 2.75) is 58.3 Å². The third-order valence-corrected chi connectivity index (χ3v) is 7.50. The van der Waals surface area contributed by atoms with Crippen LogP contribution in [0.1, 0.15) is 66.7 Å². The van der Waals surface area contributed by atoms with Crippen LogP contribution in [-0.4, -0.2) is 21.0 Å². The molecule has 0 atom stereocenters. The van der Waals surface area contributed by atoms with Gasteiger partial charge in [0.2, 0.25) is 0 Å². The molecular formula is C23H27FN2O2. The average Bonchev–Trinajstić information content (AvgIpc) is 3.03. The number of nitrogens with zero attached hydrogens (tertiary/aromatic N) is 1. The first-order valence-corrected chi connectivity index (χ1v) is 10.5. The molecule has 1 heterocycles. The Morgan fingerprint density at radius 1 is 1.21 bits per heavy atom. The molecule has 0 radical (unpaired) electrons. The molecule has 0 saturated heterocycles. The maximum atomic E-state index is 13.4. The van der Waals surface area contributed by atoms with Crippen LogP contribution in [0.15, 0.2) is 18.2 Å². The lowest BCUT2D eigenvalue weighted by atomic mass is 9.48. The monoisotopic (exact) mass is 382 g/mol. The predicted octanol–water partition coefficient (Wildman–Crippen LogP) is 5.37. The molecule has 4 bridgehead atoms. The van der Waals surface area contributed by atoms with E-state index >= 15 is 0 Å². The Balaban J connectivity index is 1.40. The van der Waals surface area contributed by atoms with Crippen LogP contribution in [0.3, 0.4) is 0 Å². The van der Waals surface area contributed by atoms with Gasteiger partial charge in [-0.2, -0.15) is 0 Å². The van der Waals surface area contributed by atoms with Gasteiger partial charge in [-0.05, 0) is 105 Å². The Bertz CT molecular complexity index is 897. The fraction of sp³-hybridized carbons (Fsp3) is 0.565. The highest BCUT2D eigenvalue weighted by molar-refractivity contribution is 5.87. The van der Waals surface area contributed by atoms with Gasteiger partial charge in [-0.3, -0.25) is 0 Å². The number of nitrogens with one attached hydrogen (secondary N) is 1. The summed E-state index contributed by atoms with van der Waals surface area (Å²) >= 11 is 0. The molecule has 4 saturated carbocycles. The molecule has 1 aromatic carbocycles. The fourth-order valence-electron chi connectivity index (χ4n) is 6.77. The highest BCUT2D eigenvalue weighted by Crippen LogP contribution is 2.61. The molecule has 4 nitrogen and oxygen atoms in total. The Hall–Kier alpha value is -2.17. The molecule has 0 spiro atoms. The van der Waals surface area contributed by atoms with Crippen molar-refractivity contribution < 1.29 is 14.3 Å². The predicted molar refractivity (Wildman–Crippen MR) is 105 cm³/mol. The summed E-state index contributed by atoms with van der Waals surface area (Å²) in [5.41, 5.74) is 2.73. The summed E-state index contributed by atoms with van der Waals surface area (Å²) < 4.78 is 13.4. The topological polar surface area (TPSA) is 66.0 Å². The van der Waals surface area contributed by atoms with E-state index in [1.807, 2.05) is 6.92 Å². The number of hydrogen-bond acceptors (Lipinski definition) is 2.